The fraction of sp³-hybridized carbons (Fsp3) is 0.700. The summed E-state index contributed by atoms with van der Waals surface area (Å²) < 4.78 is 10.9. The number of rotatable bonds is 5. The highest BCUT2D eigenvalue weighted by Crippen LogP contribution is 2.37. The molecule has 0 spiro atoms. The number of piperazine rings is 1. The Morgan fingerprint density at radius 3 is 2.62 bits per heavy atom. The Bertz CT molecular complexity index is 621. The molecule has 0 bridgehead atoms. The average molecular weight is 381 g/mol. The Morgan fingerprint density at radius 2 is 1.85 bits per heavy atom. The van der Waals surface area contributed by atoms with Gasteiger partial charge in [-0.2, -0.15) is 0 Å². The normalized spacial score (nSPS) is 24.9. The van der Waals surface area contributed by atoms with Gasteiger partial charge in [-0.1, -0.05) is 30.9 Å². The van der Waals surface area contributed by atoms with E-state index in [1.807, 2.05) is 12.1 Å². The summed E-state index contributed by atoms with van der Waals surface area (Å²) in [6.45, 7) is 4.46. The Morgan fingerprint density at radius 1 is 1.08 bits per heavy atom. The van der Waals surface area contributed by atoms with Crippen molar-refractivity contribution in [2.75, 3.05) is 33.0 Å². The van der Waals surface area contributed by atoms with Crippen LogP contribution in [0.5, 0.6) is 11.5 Å². The van der Waals surface area contributed by atoms with Crippen molar-refractivity contribution in [3.8, 4) is 11.5 Å². The molecule has 144 valence electrons. The van der Waals surface area contributed by atoms with Crippen LogP contribution in [0.15, 0.2) is 12.1 Å². The van der Waals surface area contributed by atoms with E-state index in [1.54, 1.807) is 0 Å². The van der Waals surface area contributed by atoms with Crippen LogP contribution in [0.4, 0.5) is 0 Å². The average Bonchev–Trinajstić information content (AvgIpc) is 3.10. The van der Waals surface area contributed by atoms with Crippen molar-refractivity contribution in [1.82, 2.24) is 9.80 Å². The van der Waals surface area contributed by atoms with E-state index in [9.17, 15) is 5.11 Å². The first-order chi connectivity index (χ1) is 12.7. The number of nitrogens with zero attached hydrogens (tertiary/aromatic N) is 2. The van der Waals surface area contributed by atoms with Crippen LogP contribution in [0.1, 0.15) is 44.1 Å². The van der Waals surface area contributed by atoms with E-state index >= 15 is 0 Å². The lowest BCUT2D eigenvalue weighted by molar-refractivity contribution is 0.0137. The molecule has 1 aliphatic carbocycles. The number of aliphatic hydroxyl groups excluding tert-OH is 1. The molecule has 2 heterocycles. The fourth-order valence-electron chi connectivity index (χ4n) is 4.70. The van der Waals surface area contributed by atoms with E-state index in [4.69, 9.17) is 21.1 Å². The molecular formula is C20H29ClN2O3. The lowest BCUT2D eigenvalue weighted by Gasteiger charge is -2.46. The van der Waals surface area contributed by atoms with E-state index in [0.717, 1.165) is 54.7 Å². The van der Waals surface area contributed by atoms with Gasteiger partial charge in [0.05, 0.1) is 0 Å². The third-order valence-electron chi connectivity index (χ3n) is 6.05. The molecule has 3 aliphatic rings. The zero-order valence-corrected chi connectivity index (χ0v) is 16.1. The maximum Gasteiger partial charge on any atom is 0.231 e. The highest BCUT2D eigenvalue weighted by molar-refractivity contribution is 6.31. The Kier molecular flexibility index (Phi) is 5.89. The zero-order chi connectivity index (χ0) is 17.9. The summed E-state index contributed by atoms with van der Waals surface area (Å²) in [5.74, 6) is 1.52. The van der Waals surface area contributed by atoms with Crippen LogP contribution in [-0.4, -0.2) is 60.0 Å². The molecule has 1 aromatic rings. The molecule has 4 rings (SSSR count). The van der Waals surface area contributed by atoms with Crippen molar-refractivity contribution in [1.29, 1.82) is 0 Å². The Balaban J connectivity index is 1.42. The number of ether oxygens (including phenoxy) is 2. The quantitative estimate of drug-likeness (QED) is 0.849. The van der Waals surface area contributed by atoms with Gasteiger partial charge in [0, 0.05) is 56.0 Å². The molecule has 5 nitrogen and oxygen atoms in total. The molecule has 1 saturated heterocycles. The minimum atomic E-state index is 0.256. The summed E-state index contributed by atoms with van der Waals surface area (Å²) in [4.78, 5) is 5.14. The van der Waals surface area contributed by atoms with E-state index < -0.39 is 0 Å². The second-order valence-corrected chi connectivity index (χ2v) is 8.13. The molecule has 1 aromatic carbocycles. The molecule has 0 radical (unpaired) electrons. The molecule has 2 fully saturated rings. The van der Waals surface area contributed by atoms with E-state index in [-0.39, 0.29) is 13.4 Å². The smallest absolute Gasteiger partial charge is 0.231 e. The third kappa shape index (κ3) is 3.96. The SMILES string of the molecule is OCCC1CN(Cc2cc3c(cc2Cl)OCO3)CCN1C1CCCCC1. The molecule has 1 atom stereocenters. The summed E-state index contributed by atoms with van der Waals surface area (Å²) in [6.07, 6.45) is 7.56. The van der Waals surface area contributed by atoms with Crippen LogP contribution >= 0.6 is 11.6 Å². The number of hydrogen-bond donors (Lipinski definition) is 1. The summed E-state index contributed by atoms with van der Waals surface area (Å²) >= 11 is 6.46. The van der Waals surface area contributed by atoms with Crippen molar-refractivity contribution < 1.29 is 14.6 Å². The molecule has 1 saturated carbocycles. The van der Waals surface area contributed by atoms with Gasteiger partial charge in [0.15, 0.2) is 11.5 Å². The first-order valence-electron chi connectivity index (χ1n) is 9.91. The molecular weight excluding hydrogens is 352 g/mol. The van der Waals surface area contributed by atoms with Crippen molar-refractivity contribution >= 4 is 11.6 Å². The third-order valence-corrected chi connectivity index (χ3v) is 6.41. The van der Waals surface area contributed by atoms with Crippen LogP contribution in [0.2, 0.25) is 5.02 Å². The van der Waals surface area contributed by atoms with Gasteiger partial charge in [-0.25, -0.2) is 0 Å². The predicted octanol–water partition coefficient (Wildman–Crippen LogP) is 3.27. The van der Waals surface area contributed by atoms with Crippen LogP contribution in [0, 0.1) is 0 Å². The molecule has 1 N–H and O–H groups in total. The highest BCUT2D eigenvalue weighted by atomic mass is 35.5. The van der Waals surface area contributed by atoms with Crippen molar-refractivity contribution in [2.24, 2.45) is 0 Å². The molecule has 26 heavy (non-hydrogen) atoms. The summed E-state index contributed by atoms with van der Waals surface area (Å²) in [6, 6.07) is 5.02. The highest BCUT2D eigenvalue weighted by Gasteiger charge is 2.32. The van der Waals surface area contributed by atoms with Gasteiger partial charge in [-0.05, 0) is 30.9 Å². The van der Waals surface area contributed by atoms with Gasteiger partial charge in [-0.15, -0.1) is 0 Å². The largest absolute Gasteiger partial charge is 0.454 e. The summed E-state index contributed by atoms with van der Waals surface area (Å²) in [7, 11) is 0. The van der Waals surface area contributed by atoms with E-state index in [2.05, 4.69) is 9.80 Å². The second-order valence-electron chi connectivity index (χ2n) is 7.73. The number of aliphatic hydroxyl groups is 1. The molecule has 2 aliphatic heterocycles. The first kappa shape index (κ1) is 18.4. The maximum absolute atomic E-state index is 9.56. The van der Waals surface area contributed by atoms with Crippen molar-refractivity contribution in [3.63, 3.8) is 0 Å². The predicted molar refractivity (Wildman–Crippen MR) is 102 cm³/mol. The number of halogens is 1. The van der Waals surface area contributed by atoms with Gasteiger partial charge in [0.1, 0.15) is 0 Å². The van der Waals surface area contributed by atoms with Gasteiger partial charge >= 0.3 is 0 Å². The van der Waals surface area contributed by atoms with Crippen LogP contribution in [0.25, 0.3) is 0 Å². The Labute approximate surface area is 160 Å². The van der Waals surface area contributed by atoms with Gasteiger partial charge < -0.3 is 14.6 Å². The van der Waals surface area contributed by atoms with E-state index in [1.165, 1.54) is 32.1 Å². The van der Waals surface area contributed by atoms with Gasteiger partial charge in [0.2, 0.25) is 6.79 Å². The second kappa shape index (κ2) is 8.34. The lowest BCUT2D eigenvalue weighted by Crippen LogP contribution is -2.56. The fourth-order valence-corrected chi connectivity index (χ4v) is 4.91. The standard InChI is InChI=1S/C20H29ClN2O3/c21-18-11-20-19(25-14-26-20)10-15(18)12-22-7-8-23(17(13-22)6-9-24)16-4-2-1-3-5-16/h10-11,16-17,24H,1-9,12-14H2. The molecule has 0 amide bonds. The van der Waals surface area contributed by atoms with Gasteiger partial charge in [0.25, 0.3) is 0 Å². The van der Waals surface area contributed by atoms with E-state index in [0.29, 0.717) is 12.1 Å². The van der Waals surface area contributed by atoms with Crippen molar-refractivity contribution in [2.45, 2.75) is 57.2 Å². The first-order valence-corrected chi connectivity index (χ1v) is 10.3. The van der Waals surface area contributed by atoms with Gasteiger partial charge in [-0.3, -0.25) is 9.80 Å². The number of hydrogen-bond acceptors (Lipinski definition) is 5. The monoisotopic (exact) mass is 380 g/mol. The minimum Gasteiger partial charge on any atom is -0.454 e. The zero-order valence-electron chi connectivity index (χ0n) is 15.3. The number of fused-ring (bicyclic) bond motifs is 1. The summed E-state index contributed by atoms with van der Waals surface area (Å²) in [5, 5.41) is 10.3. The van der Waals surface area contributed by atoms with Crippen molar-refractivity contribution in [3.05, 3.63) is 22.7 Å². The Hall–Kier alpha value is -1.01. The van der Waals surface area contributed by atoms with Crippen LogP contribution in [0.3, 0.4) is 0 Å². The molecule has 0 aromatic heterocycles. The number of benzene rings is 1. The minimum absolute atomic E-state index is 0.256. The molecule has 6 heteroatoms. The lowest BCUT2D eigenvalue weighted by atomic mass is 9.91. The molecule has 1 unspecified atom stereocenters. The topological polar surface area (TPSA) is 45.2 Å². The van der Waals surface area contributed by atoms with Crippen LogP contribution in [-0.2, 0) is 6.54 Å². The summed E-state index contributed by atoms with van der Waals surface area (Å²) in [5.41, 5.74) is 1.09. The van der Waals surface area contributed by atoms with Crippen LogP contribution < -0.4 is 9.47 Å². The maximum atomic E-state index is 9.56.